The van der Waals surface area contributed by atoms with Gasteiger partial charge in [-0.1, -0.05) is 29.8 Å². The van der Waals surface area contributed by atoms with Gasteiger partial charge in [0.2, 0.25) is 6.29 Å². The first-order valence-corrected chi connectivity index (χ1v) is 10.3. The molecule has 0 spiro atoms. The monoisotopic (exact) mass is 424 g/mol. The zero-order valence-corrected chi connectivity index (χ0v) is 17.5. The minimum atomic E-state index is -1.06. The SMILES string of the molecule is Cc1ccc(C2OC3[C@H](O)[C@H](Oc4ccc5c(C)cc(=O)oc5c4)O[C@@H](C)[C@H]3O2)cc1. The van der Waals surface area contributed by atoms with Crippen LogP contribution in [0.15, 0.2) is 57.7 Å². The van der Waals surface area contributed by atoms with Crippen LogP contribution in [0.5, 0.6) is 5.75 Å². The highest BCUT2D eigenvalue weighted by atomic mass is 16.8. The Kier molecular flexibility index (Phi) is 5.06. The molecule has 31 heavy (non-hydrogen) atoms. The van der Waals surface area contributed by atoms with Crippen molar-refractivity contribution in [1.29, 1.82) is 0 Å². The number of aryl methyl sites for hydroxylation is 2. The van der Waals surface area contributed by atoms with Gasteiger partial charge in [-0.25, -0.2) is 4.79 Å². The third-order valence-corrected chi connectivity index (χ3v) is 5.84. The number of ether oxygens (including phenoxy) is 4. The van der Waals surface area contributed by atoms with E-state index < -0.39 is 36.5 Å². The lowest BCUT2D eigenvalue weighted by molar-refractivity contribution is -0.244. The molecule has 1 aromatic heterocycles. The molecule has 3 heterocycles. The third-order valence-electron chi connectivity index (χ3n) is 5.84. The van der Waals surface area contributed by atoms with Crippen molar-refractivity contribution in [3.8, 4) is 5.75 Å². The molecule has 162 valence electrons. The first-order chi connectivity index (χ1) is 14.9. The molecule has 2 unspecified atom stereocenters. The van der Waals surface area contributed by atoms with Crippen molar-refractivity contribution in [2.75, 3.05) is 0 Å². The van der Waals surface area contributed by atoms with E-state index in [4.69, 9.17) is 23.4 Å². The molecule has 2 saturated heterocycles. The highest BCUT2D eigenvalue weighted by molar-refractivity contribution is 5.81. The van der Waals surface area contributed by atoms with Gasteiger partial charge in [0.25, 0.3) is 0 Å². The number of benzene rings is 2. The van der Waals surface area contributed by atoms with E-state index in [9.17, 15) is 9.90 Å². The maximum absolute atomic E-state index is 11.7. The van der Waals surface area contributed by atoms with Crippen LogP contribution in [0.3, 0.4) is 0 Å². The minimum Gasteiger partial charge on any atom is -0.462 e. The Hall–Kier alpha value is -2.71. The Morgan fingerprint density at radius 2 is 1.68 bits per heavy atom. The molecule has 7 nitrogen and oxygen atoms in total. The fourth-order valence-electron chi connectivity index (χ4n) is 4.14. The zero-order chi connectivity index (χ0) is 21.7. The number of rotatable bonds is 3. The molecule has 2 aliphatic heterocycles. The molecule has 2 aliphatic rings. The summed E-state index contributed by atoms with van der Waals surface area (Å²) in [6, 6.07) is 14.5. The molecule has 1 N–H and O–H groups in total. The first-order valence-electron chi connectivity index (χ1n) is 10.3. The van der Waals surface area contributed by atoms with Crippen LogP contribution in [0.25, 0.3) is 11.0 Å². The number of hydrogen-bond donors (Lipinski definition) is 1. The molecule has 3 aromatic rings. The minimum absolute atomic E-state index is 0.352. The first kappa shape index (κ1) is 20.2. The second-order valence-corrected chi connectivity index (χ2v) is 8.17. The summed E-state index contributed by atoms with van der Waals surface area (Å²) in [7, 11) is 0. The summed E-state index contributed by atoms with van der Waals surface area (Å²) in [5.74, 6) is 0.421. The predicted molar refractivity (Wildman–Crippen MR) is 112 cm³/mol. The van der Waals surface area contributed by atoms with Crippen LogP contribution < -0.4 is 10.4 Å². The highest BCUT2D eigenvalue weighted by Crippen LogP contribution is 2.39. The van der Waals surface area contributed by atoms with Gasteiger partial charge in [-0.05, 0) is 38.5 Å². The molecule has 2 fully saturated rings. The van der Waals surface area contributed by atoms with Gasteiger partial charge in [0.1, 0.15) is 29.6 Å². The van der Waals surface area contributed by atoms with Crippen molar-refractivity contribution in [1.82, 2.24) is 0 Å². The Morgan fingerprint density at radius 1 is 0.935 bits per heavy atom. The number of aliphatic hydroxyl groups is 1. The molecule has 0 bridgehead atoms. The van der Waals surface area contributed by atoms with Gasteiger partial charge in [0.15, 0.2) is 6.29 Å². The van der Waals surface area contributed by atoms with E-state index >= 15 is 0 Å². The van der Waals surface area contributed by atoms with Crippen molar-refractivity contribution in [3.05, 3.63) is 75.6 Å². The van der Waals surface area contributed by atoms with E-state index in [-0.39, 0.29) is 6.10 Å². The van der Waals surface area contributed by atoms with Gasteiger partial charge in [0, 0.05) is 23.1 Å². The van der Waals surface area contributed by atoms with Crippen LogP contribution in [-0.4, -0.2) is 35.8 Å². The lowest BCUT2D eigenvalue weighted by Crippen LogP contribution is -2.57. The molecular formula is C24H24O7. The van der Waals surface area contributed by atoms with Crippen molar-refractivity contribution >= 4 is 11.0 Å². The molecule has 0 amide bonds. The van der Waals surface area contributed by atoms with Gasteiger partial charge in [-0.15, -0.1) is 0 Å². The molecule has 0 radical (unpaired) electrons. The smallest absolute Gasteiger partial charge is 0.336 e. The molecule has 5 rings (SSSR count). The number of hydrogen-bond acceptors (Lipinski definition) is 7. The maximum Gasteiger partial charge on any atom is 0.336 e. The molecule has 7 heteroatoms. The summed E-state index contributed by atoms with van der Waals surface area (Å²) >= 11 is 0. The Bertz CT molecular complexity index is 1150. The van der Waals surface area contributed by atoms with Crippen LogP contribution in [-0.2, 0) is 14.2 Å². The van der Waals surface area contributed by atoms with Crippen LogP contribution in [0.2, 0.25) is 0 Å². The summed E-state index contributed by atoms with van der Waals surface area (Å²) in [5.41, 5.74) is 2.84. The Balaban J connectivity index is 1.35. The van der Waals surface area contributed by atoms with Gasteiger partial charge in [-0.3, -0.25) is 0 Å². The van der Waals surface area contributed by atoms with Crippen molar-refractivity contribution < 1.29 is 28.5 Å². The van der Waals surface area contributed by atoms with Gasteiger partial charge >= 0.3 is 5.63 Å². The molecular weight excluding hydrogens is 400 g/mol. The van der Waals surface area contributed by atoms with E-state index in [0.29, 0.717) is 11.3 Å². The number of fused-ring (bicyclic) bond motifs is 2. The van der Waals surface area contributed by atoms with Gasteiger partial charge < -0.3 is 28.5 Å². The average molecular weight is 424 g/mol. The molecule has 6 atom stereocenters. The van der Waals surface area contributed by atoms with Gasteiger partial charge in [0.05, 0.1) is 6.10 Å². The second-order valence-electron chi connectivity index (χ2n) is 8.17. The highest BCUT2D eigenvalue weighted by Gasteiger charge is 2.52. The average Bonchev–Trinajstić information content (AvgIpc) is 3.18. The largest absolute Gasteiger partial charge is 0.462 e. The van der Waals surface area contributed by atoms with Crippen LogP contribution in [0.1, 0.15) is 29.9 Å². The molecule has 0 aliphatic carbocycles. The van der Waals surface area contributed by atoms with Crippen LogP contribution in [0.4, 0.5) is 0 Å². The van der Waals surface area contributed by atoms with E-state index in [1.165, 1.54) is 6.07 Å². The standard InChI is InChI=1S/C24H24O7/c1-12-4-6-15(7-5-12)23-30-21-14(3)27-24(20(26)22(21)31-23)28-16-8-9-17-13(2)10-19(25)29-18(17)11-16/h4-11,14,20-24,26H,1-3H3/t14-,20-,21+,22?,23?,24-/m0/s1. The Morgan fingerprint density at radius 3 is 2.45 bits per heavy atom. The summed E-state index contributed by atoms with van der Waals surface area (Å²) < 4.78 is 29.2. The normalized spacial score (nSPS) is 30.3. The topological polar surface area (TPSA) is 87.4 Å². The maximum atomic E-state index is 11.7. The predicted octanol–water partition coefficient (Wildman–Crippen LogP) is 3.38. The van der Waals surface area contributed by atoms with Crippen LogP contribution in [0, 0.1) is 13.8 Å². The quantitative estimate of drug-likeness (QED) is 0.645. The second kappa shape index (κ2) is 7.76. The van der Waals surface area contributed by atoms with Gasteiger partial charge in [-0.2, -0.15) is 0 Å². The summed E-state index contributed by atoms with van der Waals surface area (Å²) in [6.45, 7) is 5.72. The van der Waals surface area contributed by atoms with E-state index in [0.717, 1.165) is 22.1 Å². The summed E-state index contributed by atoms with van der Waals surface area (Å²) in [6.07, 6.45) is -3.95. The molecule has 2 aromatic carbocycles. The zero-order valence-electron chi connectivity index (χ0n) is 17.5. The molecule has 0 saturated carbocycles. The summed E-state index contributed by atoms with van der Waals surface area (Å²) in [4.78, 5) is 11.7. The number of aliphatic hydroxyl groups excluding tert-OH is 1. The fraction of sp³-hybridized carbons (Fsp3) is 0.375. The van der Waals surface area contributed by atoms with Crippen molar-refractivity contribution in [2.24, 2.45) is 0 Å². The Labute approximate surface area is 179 Å². The van der Waals surface area contributed by atoms with Crippen molar-refractivity contribution in [2.45, 2.75) is 57.8 Å². The fourth-order valence-corrected chi connectivity index (χ4v) is 4.14. The van der Waals surface area contributed by atoms with E-state index in [1.807, 2.05) is 51.1 Å². The lowest BCUT2D eigenvalue weighted by Gasteiger charge is -2.38. The third kappa shape index (κ3) is 3.74. The van der Waals surface area contributed by atoms with Crippen molar-refractivity contribution in [3.63, 3.8) is 0 Å². The van der Waals surface area contributed by atoms with E-state index in [1.54, 1.807) is 12.1 Å². The van der Waals surface area contributed by atoms with E-state index in [2.05, 4.69) is 0 Å². The van der Waals surface area contributed by atoms with Crippen LogP contribution >= 0.6 is 0 Å². The summed E-state index contributed by atoms with van der Waals surface area (Å²) in [5, 5.41) is 11.7. The lowest BCUT2D eigenvalue weighted by atomic mass is 10.00.